The SMILES string of the molecule is C#Cc1ccc(-c2nc(C(=O)OC)c(Cl)c(N)c2F)c(F)c1P. The van der Waals surface area contributed by atoms with Gasteiger partial charge < -0.3 is 10.5 Å². The van der Waals surface area contributed by atoms with Gasteiger partial charge >= 0.3 is 5.97 Å². The molecule has 1 aromatic carbocycles. The summed E-state index contributed by atoms with van der Waals surface area (Å²) in [5, 5.41) is -0.329. The first-order chi connectivity index (χ1) is 10.8. The number of methoxy groups -OCH3 is 1. The Morgan fingerprint density at radius 3 is 2.65 bits per heavy atom. The number of benzene rings is 1. The van der Waals surface area contributed by atoms with E-state index in [1.54, 1.807) is 0 Å². The molecule has 0 aliphatic heterocycles. The summed E-state index contributed by atoms with van der Waals surface area (Å²) in [6, 6.07) is 2.67. The molecule has 8 heteroatoms. The number of terminal acetylenes is 1. The molecule has 0 fully saturated rings. The van der Waals surface area contributed by atoms with Crippen LogP contribution in [0.15, 0.2) is 12.1 Å². The van der Waals surface area contributed by atoms with E-state index in [1.165, 1.54) is 12.1 Å². The van der Waals surface area contributed by atoms with Crippen molar-refractivity contribution in [1.29, 1.82) is 0 Å². The lowest BCUT2D eigenvalue weighted by Crippen LogP contribution is -2.12. The van der Waals surface area contributed by atoms with Gasteiger partial charge in [0.1, 0.15) is 11.5 Å². The van der Waals surface area contributed by atoms with Crippen LogP contribution in [-0.4, -0.2) is 18.1 Å². The number of nitrogens with zero attached hydrogens (tertiary/aromatic N) is 1. The third kappa shape index (κ3) is 2.86. The van der Waals surface area contributed by atoms with Gasteiger partial charge in [-0.3, -0.25) is 0 Å². The highest BCUT2D eigenvalue weighted by Gasteiger charge is 2.25. The predicted molar refractivity (Wildman–Crippen MR) is 87.6 cm³/mol. The van der Waals surface area contributed by atoms with Crippen molar-refractivity contribution in [2.75, 3.05) is 12.8 Å². The fourth-order valence-corrected chi connectivity index (χ4v) is 2.41. The lowest BCUT2D eigenvalue weighted by atomic mass is 10.1. The molecule has 2 rings (SSSR count). The molecule has 0 saturated carbocycles. The van der Waals surface area contributed by atoms with Gasteiger partial charge in [0, 0.05) is 16.4 Å². The van der Waals surface area contributed by atoms with Crippen molar-refractivity contribution in [2.45, 2.75) is 0 Å². The van der Waals surface area contributed by atoms with Crippen LogP contribution in [-0.2, 0) is 4.74 Å². The first-order valence-electron chi connectivity index (χ1n) is 6.11. The molecule has 2 N–H and O–H groups in total. The number of halogens is 3. The van der Waals surface area contributed by atoms with Crippen molar-refractivity contribution < 1.29 is 18.3 Å². The molecule has 0 bridgehead atoms. The predicted octanol–water partition coefficient (Wildman–Crippen LogP) is 2.53. The maximum Gasteiger partial charge on any atom is 0.358 e. The Kier molecular flexibility index (Phi) is 4.84. The fraction of sp³-hybridized carbons (Fsp3) is 0.0667. The van der Waals surface area contributed by atoms with Gasteiger partial charge in [0.15, 0.2) is 11.5 Å². The van der Waals surface area contributed by atoms with Gasteiger partial charge in [0.05, 0.1) is 17.8 Å². The Morgan fingerprint density at radius 1 is 1.43 bits per heavy atom. The molecule has 4 nitrogen and oxygen atoms in total. The molecule has 1 atom stereocenters. The van der Waals surface area contributed by atoms with Crippen LogP contribution in [0, 0.1) is 24.0 Å². The van der Waals surface area contributed by atoms with E-state index in [0.29, 0.717) is 0 Å². The zero-order valence-corrected chi connectivity index (χ0v) is 13.7. The van der Waals surface area contributed by atoms with Gasteiger partial charge in [0.25, 0.3) is 0 Å². The lowest BCUT2D eigenvalue weighted by molar-refractivity contribution is 0.0594. The van der Waals surface area contributed by atoms with Crippen LogP contribution in [0.1, 0.15) is 16.1 Å². The number of carbonyl (C=O) groups excluding carboxylic acids is 1. The summed E-state index contributed by atoms with van der Waals surface area (Å²) in [6.07, 6.45) is 5.25. The van der Waals surface area contributed by atoms with Crippen LogP contribution in [0.25, 0.3) is 11.3 Å². The standard InChI is InChI=1S/C15H10ClF2N2O2P/c1-3-6-4-5-7(9(17)14(6)23)12-10(18)11(19)8(16)13(20-12)15(21)22-2/h1,4-5H,23H2,2H3,(H2,19,20). The van der Waals surface area contributed by atoms with E-state index in [0.717, 1.165) is 7.11 Å². The van der Waals surface area contributed by atoms with Gasteiger partial charge in [-0.2, -0.15) is 0 Å². The Bertz CT molecular complexity index is 866. The molecule has 1 aromatic heterocycles. The Morgan fingerprint density at radius 2 is 2.09 bits per heavy atom. The molecule has 23 heavy (non-hydrogen) atoms. The number of nitrogen functional groups attached to an aromatic ring is 1. The highest BCUT2D eigenvalue weighted by atomic mass is 35.5. The average molecular weight is 355 g/mol. The molecule has 0 radical (unpaired) electrons. The number of anilines is 1. The molecular formula is C15H10ClF2N2O2P. The molecule has 0 aliphatic rings. The minimum atomic E-state index is -1.04. The highest BCUT2D eigenvalue weighted by molar-refractivity contribution is 7.27. The Hall–Kier alpha value is -2.22. The molecule has 1 unspecified atom stereocenters. The molecule has 0 saturated heterocycles. The molecular weight excluding hydrogens is 345 g/mol. The average Bonchev–Trinajstić information content (AvgIpc) is 2.55. The van der Waals surface area contributed by atoms with Crippen LogP contribution in [0.2, 0.25) is 5.02 Å². The Labute approximate surface area is 138 Å². The monoisotopic (exact) mass is 354 g/mol. The van der Waals surface area contributed by atoms with Gasteiger partial charge in [-0.15, -0.1) is 15.7 Å². The van der Waals surface area contributed by atoms with Gasteiger partial charge in [-0.1, -0.05) is 17.5 Å². The van der Waals surface area contributed by atoms with Crippen molar-refractivity contribution in [3.8, 4) is 23.6 Å². The van der Waals surface area contributed by atoms with E-state index in [-0.39, 0.29) is 16.4 Å². The van der Waals surface area contributed by atoms with Gasteiger partial charge in [-0.25, -0.2) is 18.6 Å². The van der Waals surface area contributed by atoms with Crippen LogP contribution >= 0.6 is 20.8 Å². The topological polar surface area (TPSA) is 65.2 Å². The van der Waals surface area contributed by atoms with Crippen LogP contribution < -0.4 is 11.0 Å². The van der Waals surface area contributed by atoms with E-state index in [2.05, 4.69) is 24.9 Å². The first-order valence-corrected chi connectivity index (χ1v) is 7.06. The van der Waals surface area contributed by atoms with Crippen LogP contribution in [0.5, 0.6) is 0 Å². The maximum absolute atomic E-state index is 14.4. The molecule has 118 valence electrons. The maximum atomic E-state index is 14.4. The number of esters is 1. The van der Waals surface area contributed by atoms with Crippen molar-refractivity contribution in [3.05, 3.63) is 40.0 Å². The minimum Gasteiger partial charge on any atom is -0.464 e. The van der Waals surface area contributed by atoms with Gasteiger partial charge in [-0.05, 0) is 12.1 Å². The fourth-order valence-electron chi connectivity index (χ4n) is 1.87. The molecule has 1 heterocycles. The summed E-state index contributed by atoms with van der Waals surface area (Å²) in [5.41, 5.74) is 4.22. The van der Waals surface area contributed by atoms with Crippen molar-refractivity contribution in [1.82, 2.24) is 4.98 Å². The van der Waals surface area contributed by atoms with Crippen molar-refractivity contribution in [3.63, 3.8) is 0 Å². The third-order valence-corrected chi connectivity index (χ3v) is 4.03. The summed E-state index contributed by atoms with van der Waals surface area (Å²) in [5.74, 6) is -0.467. The molecule has 0 aliphatic carbocycles. The lowest BCUT2D eigenvalue weighted by Gasteiger charge is -2.12. The molecule has 0 spiro atoms. The third-order valence-electron chi connectivity index (χ3n) is 3.08. The summed E-state index contributed by atoms with van der Waals surface area (Å²) >= 11 is 5.80. The second-order valence-corrected chi connectivity index (χ2v) is 5.33. The molecule has 2 aromatic rings. The summed E-state index contributed by atoms with van der Waals surface area (Å²) in [6.45, 7) is 0. The van der Waals surface area contributed by atoms with Crippen molar-refractivity contribution in [2.24, 2.45) is 0 Å². The zero-order valence-electron chi connectivity index (χ0n) is 11.8. The smallest absolute Gasteiger partial charge is 0.358 e. The zero-order chi connectivity index (χ0) is 17.3. The number of hydrogen-bond acceptors (Lipinski definition) is 4. The summed E-state index contributed by atoms with van der Waals surface area (Å²) in [4.78, 5) is 15.4. The number of rotatable bonds is 2. The van der Waals surface area contributed by atoms with E-state index in [1.807, 2.05) is 0 Å². The first kappa shape index (κ1) is 17.1. The number of carbonyl (C=O) groups is 1. The number of hydrogen-bond donors (Lipinski definition) is 1. The summed E-state index contributed by atoms with van der Waals surface area (Å²) < 4.78 is 33.3. The van der Waals surface area contributed by atoms with E-state index in [9.17, 15) is 13.6 Å². The second-order valence-electron chi connectivity index (χ2n) is 4.37. The number of ether oxygens (including phenoxy) is 1. The van der Waals surface area contributed by atoms with Crippen LogP contribution in [0.3, 0.4) is 0 Å². The van der Waals surface area contributed by atoms with Crippen LogP contribution in [0.4, 0.5) is 14.5 Å². The second kappa shape index (κ2) is 6.49. The van der Waals surface area contributed by atoms with E-state index >= 15 is 0 Å². The number of aromatic nitrogens is 1. The Balaban J connectivity index is 2.80. The molecule has 0 amide bonds. The highest BCUT2D eigenvalue weighted by Crippen LogP contribution is 2.33. The normalized spacial score (nSPS) is 10.3. The van der Waals surface area contributed by atoms with E-state index in [4.69, 9.17) is 23.8 Å². The largest absolute Gasteiger partial charge is 0.464 e. The number of pyridine rings is 1. The minimum absolute atomic E-state index is 0.0688. The number of nitrogens with two attached hydrogens (primary N) is 1. The summed E-state index contributed by atoms with van der Waals surface area (Å²) in [7, 11) is 3.23. The van der Waals surface area contributed by atoms with Crippen molar-refractivity contribution >= 4 is 37.8 Å². The van der Waals surface area contributed by atoms with E-state index < -0.39 is 39.7 Å². The van der Waals surface area contributed by atoms with Gasteiger partial charge in [0.2, 0.25) is 0 Å². The quantitative estimate of drug-likeness (QED) is 0.511.